The van der Waals surface area contributed by atoms with E-state index in [0.717, 1.165) is 12.5 Å². The van der Waals surface area contributed by atoms with Crippen LogP contribution in [0.1, 0.15) is 39.5 Å². The molecule has 0 aromatic carbocycles. The fourth-order valence-corrected chi connectivity index (χ4v) is 2.42. The monoisotopic (exact) mass is 369 g/mol. The number of halogens is 1. The predicted molar refractivity (Wildman–Crippen MR) is 87.8 cm³/mol. The van der Waals surface area contributed by atoms with Crippen molar-refractivity contribution in [3.05, 3.63) is 0 Å². The molecule has 1 rings (SSSR count). The lowest BCUT2D eigenvalue weighted by Crippen LogP contribution is -2.46. The van der Waals surface area contributed by atoms with Gasteiger partial charge in [0.1, 0.15) is 0 Å². The molecule has 1 aliphatic carbocycles. The van der Waals surface area contributed by atoms with Crippen LogP contribution >= 0.6 is 24.0 Å². The number of guanidine groups is 1. The van der Waals surface area contributed by atoms with Crippen molar-refractivity contribution in [2.24, 2.45) is 10.4 Å². The predicted octanol–water partition coefficient (Wildman–Crippen LogP) is 2.38. The number of rotatable bonds is 5. The van der Waals surface area contributed by atoms with E-state index in [1.807, 2.05) is 7.05 Å². The Morgan fingerprint density at radius 2 is 2.00 bits per heavy atom. The van der Waals surface area contributed by atoms with Crippen LogP contribution in [0.25, 0.3) is 0 Å². The molecule has 4 nitrogen and oxygen atoms in total. The minimum absolute atomic E-state index is 0. The molecule has 0 aliphatic heterocycles. The summed E-state index contributed by atoms with van der Waals surface area (Å²) >= 11 is 0. The second kappa shape index (κ2) is 8.96. The Morgan fingerprint density at radius 3 is 2.50 bits per heavy atom. The molecule has 0 heterocycles. The van der Waals surface area contributed by atoms with Crippen molar-refractivity contribution < 1.29 is 4.74 Å². The zero-order chi connectivity index (χ0) is 12.7. The molecule has 0 spiro atoms. The number of aliphatic imine (C=N–C) groups is 1. The Hall–Kier alpha value is -0.0400. The molecular weight excluding hydrogens is 341 g/mol. The Morgan fingerprint density at radius 1 is 1.39 bits per heavy atom. The third-order valence-corrected chi connectivity index (χ3v) is 3.52. The molecule has 0 saturated heterocycles. The molecule has 0 bridgehead atoms. The summed E-state index contributed by atoms with van der Waals surface area (Å²) in [5.74, 6) is 0.877. The molecule has 108 valence electrons. The standard InChI is InChI=1S/C13H27N3O.HI/c1-11(9-17-4)16-12(14-3)15-10-13(2)7-5-6-8-13;/h11H,5-10H2,1-4H3,(H2,14,15,16);1H. The average molecular weight is 369 g/mol. The lowest BCUT2D eigenvalue weighted by Gasteiger charge is -2.26. The Balaban J connectivity index is 0.00000289. The topological polar surface area (TPSA) is 45.7 Å². The second-order valence-electron chi connectivity index (χ2n) is 5.44. The highest BCUT2D eigenvalue weighted by atomic mass is 127. The summed E-state index contributed by atoms with van der Waals surface area (Å²) in [5.41, 5.74) is 0.447. The highest BCUT2D eigenvalue weighted by molar-refractivity contribution is 14.0. The molecule has 0 aromatic heterocycles. The van der Waals surface area contributed by atoms with Crippen LogP contribution in [0.4, 0.5) is 0 Å². The van der Waals surface area contributed by atoms with E-state index in [-0.39, 0.29) is 30.0 Å². The average Bonchev–Trinajstić information content (AvgIpc) is 2.72. The van der Waals surface area contributed by atoms with Gasteiger partial charge >= 0.3 is 0 Å². The maximum atomic E-state index is 5.10. The van der Waals surface area contributed by atoms with Gasteiger partial charge in [-0.3, -0.25) is 4.99 Å². The van der Waals surface area contributed by atoms with Crippen molar-refractivity contribution in [3.8, 4) is 0 Å². The van der Waals surface area contributed by atoms with Gasteiger partial charge in [-0.2, -0.15) is 0 Å². The first-order valence-corrected chi connectivity index (χ1v) is 6.56. The summed E-state index contributed by atoms with van der Waals surface area (Å²) < 4.78 is 5.10. The molecule has 1 fully saturated rings. The number of hydrogen-bond donors (Lipinski definition) is 2. The number of hydrogen-bond acceptors (Lipinski definition) is 2. The third kappa shape index (κ3) is 6.22. The third-order valence-electron chi connectivity index (χ3n) is 3.52. The number of ether oxygens (including phenoxy) is 1. The van der Waals surface area contributed by atoms with Crippen LogP contribution in [-0.2, 0) is 4.74 Å². The molecule has 1 saturated carbocycles. The summed E-state index contributed by atoms with van der Waals surface area (Å²) in [6, 6.07) is 0.280. The van der Waals surface area contributed by atoms with Crippen molar-refractivity contribution in [1.82, 2.24) is 10.6 Å². The SMILES string of the molecule is CN=C(NCC1(C)CCCC1)NC(C)COC.I. The van der Waals surface area contributed by atoms with Crippen LogP contribution in [0.3, 0.4) is 0 Å². The first-order valence-electron chi connectivity index (χ1n) is 6.56. The van der Waals surface area contributed by atoms with Gasteiger partial charge < -0.3 is 15.4 Å². The molecule has 1 aliphatic rings. The fourth-order valence-electron chi connectivity index (χ4n) is 2.42. The lowest BCUT2D eigenvalue weighted by atomic mass is 9.89. The number of nitrogens with one attached hydrogen (secondary N) is 2. The first-order chi connectivity index (χ1) is 8.09. The van der Waals surface area contributed by atoms with Crippen molar-refractivity contribution >= 4 is 29.9 Å². The van der Waals surface area contributed by atoms with Crippen molar-refractivity contribution in [1.29, 1.82) is 0 Å². The quantitative estimate of drug-likeness (QED) is 0.444. The van der Waals surface area contributed by atoms with Gasteiger partial charge in [-0.25, -0.2) is 0 Å². The number of nitrogens with zero attached hydrogens (tertiary/aromatic N) is 1. The maximum Gasteiger partial charge on any atom is 0.191 e. The van der Waals surface area contributed by atoms with E-state index in [9.17, 15) is 0 Å². The molecule has 5 heteroatoms. The van der Waals surface area contributed by atoms with Crippen LogP contribution in [0.15, 0.2) is 4.99 Å². The molecule has 1 atom stereocenters. The Bertz CT molecular complexity index is 253. The number of methoxy groups -OCH3 is 1. The Labute approximate surface area is 128 Å². The summed E-state index contributed by atoms with van der Waals surface area (Å²) in [6.07, 6.45) is 5.38. The Kier molecular flexibility index (Phi) is 8.94. The zero-order valence-corrected chi connectivity index (χ0v) is 14.4. The molecule has 0 amide bonds. The van der Waals surface area contributed by atoms with Crippen LogP contribution in [0, 0.1) is 5.41 Å². The van der Waals surface area contributed by atoms with E-state index in [2.05, 4.69) is 29.5 Å². The van der Waals surface area contributed by atoms with Gasteiger partial charge in [-0.15, -0.1) is 24.0 Å². The van der Waals surface area contributed by atoms with Gasteiger partial charge in [0, 0.05) is 26.7 Å². The van der Waals surface area contributed by atoms with E-state index < -0.39 is 0 Å². The van der Waals surface area contributed by atoms with Gasteiger partial charge in [0.15, 0.2) is 5.96 Å². The highest BCUT2D eigenvalue weighted by Crippen LogP contribution is 2.36. The molecule has 1 unspecified atom stereocenters. The zero-order valence-electron chi connectivity index (χ0n) is 12.1. The molecular formula is C13H28IN3O. The van der Waals surface area contributed by atoms with Gasteiger partial charge in [-0.05, 0) is 25.2 Å². The summed E-state index contributed by atoms with van der Waals surface area (Å²) in [4.78, 5) is 4.24. The maximum absolute atomic E-state index is 5.10. The van der Waals surface area contributed by atoms with E-state index in [1.54, 1.807) is 7.11 Å². The van der Waals surface area contributed by atoms with Crippen LogP contribution in [0.5, 0.6) is 0 Å². The smallest absolute Gasteiger partial charge is 0.191 e. The minimum atomic E-state index is 0. The highest BCUT2D eigenvalue weighted by Gasteiger charge is 2.28. The minimum Gasteiger partial charge on any atom is -0.383 e. The van der Waals surface area contributed by atoms with E-state index >= 15 is 0 Å². The van der Waals surface area contributed by atoms with Gasteiger partial charge in [0.25, 0.3) is 0 Å². The van der Waals surface area contributed by atoms with Crippen molar-refractivity contribution in [3.63, 3.8) is 0 Å². The lowest BCUT2D eigenvalue weighted by molar-refractivity contribution is 0.178. The summed E-state index contributed by atoms with van der Waals surface area (Å²) in [5, 5.41) is 6.75. The molecule has 18 heavy (non-hydrogen) atoms. The van der Waals surface area contributed by atoms with Crippen molar-refractivity contribution in [2.45, 2.75) is 45.6 Å². The normalized spacial score (nSPS) is 20.1. The van der Waals surface area contributed by atoms with Crippen molar-refractivity contribution in [2.75, 3.05) is 27.3 Å². The largest absolute Gasteiger partial charge is 0.383 e. The summed E-state index contributed by atoms with van der Waals surface area (Å²) in [6.45, 7) is 6.15. The van der Waals surface area contributed by atoms with Crippen LogP contribution in [-0.4, -0.2) is 39.3 Å². The second-order valence-corrected chi connectivity index (χ2v) is 5.44. The molecule has 2 N–H and O–H groups in total. The van der Waals surface area contributed by atoms with Gasteiger partial charge in [0.05, 0.1) is 6.61 Å². The van der Waals surface area contributed by atoms with E-state index in [0.29, 0.717) is 12.0 Å². The van der Waals surface area contributed by atoms with Gasteiger partial charge in [0.2, 0.25) is 0 Å². The van der Waals surface area contributed by atoms with Crippen LogP contribution in [0.2, 0.25) is 0 Å². The van der Waals surface area contributed by atoms with E-state index in [1.165, 1.54) is 25.7 Å². The first kappa shape index (κ1) is 18.0. The van der Waals surface area contributed by atoms with Gasteiger partial charge in [-0.1, -0.05) is 19.8 Å². The van der Waals surface area contributed by atoms with E-state index in [4.69, 9.17) is 4.74 Å². The van der Waals surface area contributed by atoms with Crippen LogP contribution < -0.4 is 10.6 Å². The summed E-state index contributed by atoms with van der Waals surface area (Å²) in [7, 11) is 3.53. The molecule has 0 aromatic rings. The molecule has 0 radical (unpaired) electrons. The fraction of sp³-hybridized carbons (Fsp3) is 0.923.